The van der Waals surface area contributed by atoms with Gasteiger partial charge in [0.25, 0.3) is 0 Å². The molecule has 8 heteroatoms. The standard InChI is InChI=1S/C20H27N5O3/c26-11-3-10-25-15-20(7-5-18(25)27)6-2-9-24(14-20)13-17-22-23-19(28-17)16-4-1-8-21-12-16/h1,4,8,12,26H,2-3,5-7,9-11,13-15H2/t20-/m0/s1. The van der Waals surface area contributed by atoms with Gasteiger partial charge >= 0.3 is 0 Å². The number of nitrogens with zero attached hydrogens (tertiary/aromatic N) is 5. The third-order valence-corrected chi connectivity index (χ3v) is 5.81. The molecule has 1 spiro atoms. The predicted molar refractivity (Wildman–Crippen MR) is 102 cm³/mol. The Labute approximate surface area is 164 Å². The lowest BCUT2D eigenvalue weighted by molar-refractivity contribution is -0.139. The molecular formula is C20H27N5O3. The van der Waals surface area contributed by atoms with E-state index in [2.05, 4.69) is 20.1 Å². The van der Waals surface area contributed by atoms with Crippen molar-refractivity contribution in [2.75, 3.05) is 32.8 Å². The van der Waals surface area contributed by atoms with Crippen molar-refractivity contribution in [2.24, 2.45) is 5.41 Å². The third-order valence-electron chi connectivity index (χ3n) is 5.81. The molecule has 28 heavy (non-hydrogen) atoms. The number of pyridine rings is 1. The Balaban J connectivity index is 1.40. The number of aromatic nitrogens is 3. The maximum absolute atomic E-state index is 12.2. The van der Waals surface area contributed by atoms with E-state index < -0.39 is 0 Å². The van der Waals surface area contributed by atoms with Crippen molar-refractivity contribution in [2.45, 2.75) is 38.6 Å². The molecule has 0 unspecified atom stereocenters. The first-order valence-corrected chi connectivity index (χ1v) is 10.0. The molecule has 4 heterocycles. The average Bonchev–Trinajstić information content (AvgIpc) is 3.18. The molecule has 8 nitrogen and oxygen atoms in total. The maximum Gasteiger partial charge on any atom is 0.249 e. The second-order valence-electron chi connectivity index (χ2n) is 7.95. The van der Waals surface area contributed by atoms with Crippen molar-refractivity contribution in [3.05, 3.63) is 30.4 Å². The Hall–Kier alpha value is -2.32. The molecule has 1 atom stereocenters. The molecule has 2 aromatic heterocycles. The number of likely N-dealkylation sites (tertiary alicyclic amines) is 2. The van der Waals surface area contributed by atoms with E-state index in [-0.39, 0.29) is 17.9 Å². The van der Waals surface area contributed by atoms with Crippen LogP contribution in [-0.2, 0) is 11.3 Å². The monoisotopic (exact) mass is 385 g/mol. The quantitative estimate of drug-likeness (QED) is 0.809. The van der Waals surface area contributed by atoms with Gasteiger partial charge < -0.3 is 14.4 Å². The molecule has 0 radical (unpaired) electrons. The normalized spacial score (nSPS) is 23.5. The van der Waals surface area contributed by atoms with Gasteiger partial charge in [-0.3, -0.25) is 14.7 Å². The fourth-order valence-corrected chi connectivity index (χ4v) is 4.46. The second-order valence-corrected chi connectivity index (χ2v) is 7.95. The number of carbonyl (C=O) groups excluding carboxylic acids is 1. The first-order chi connectivity index (χ1) is 13.7. The lowest BCUT2D eigenvalue weighted by Crippen LogP contribution is -2.54. The predicted octanol–water partition coefficient (Wildman–Crippen LogP) is 1.72. The van der Waals surface area contributed by atoms with Gasteiger partial charge in [-0.25, -0.2) is 0 Å². The van der Waals surface area contributed by atoms with Crippen LogP contribution in [0.15, 0.2) is 28.9 Å². The number of aliphatic hydroxyl groups is 1. The highest BCUT2D eigenvalue weighted by Gasteiger charge is 2.41. The van der Waals surface area contributed by atoms with Crippen LogP contribution >= 0.6 is 0 Å². The minimum Gasteiger partial charge on any atom is -0.419 e. The number of carbonyl (C=O) groups is 1. The van der Waals surface area contributed by atoms with Crippen LogP contribution in [0.25, 0.3) is 11.5 Å². The van der Waals surface area contributed by atoms with Crippen LogP contribution in [0.3, 0.4) is 0 Å². The van der Waals surface area contributed by atoms with Crippen molar-refractivity contribution in [3.63, 3.8) is 0 Å². The average molecular weight is 385 g/mol. The second kappa shape index (κ2) is 8.36. The molecule has 0 saturated carbocycles. The topological polar surface area (TPSA) is 95.6 Å². The van der Waals surface area contributed by atoms with Crippen LogP contribution < -0.4 is 0 Å². The Kier molecular flexibility index (Phi) is 5.68. The lowest BCUT2D eigenvalue weighted by Gasteiger charge is -2.48. The Bertz CT molecular complexity index is 796. The van der Waals surface area contributed by atoms with Crippen LogP contribution in [0.2, 0.25) is 0 Å². The highest BCUT2D eigenvalue weighted by atomic mass is 16.4. The highest BCUT2D eigenvalue weighted by Crippen LogP contribution is 2.39. The van der Waals surface area contributed by atoms with Crippen molar-refractivity contribution >= 4 is 5.91 Å². The van der Waals surface area contributed by atoms with Gasteiger partial charge in [-0.1, -0.05) is 0 Å². The molecule has 2 aromatic rings. The van der Waals surface area contributed by atoms with Gasteiger partial charge in [0, 0.05) is 50.5 Å². The molecule has 4 rings (SSSR count). The molecular weight excluding hydrogens is 358 g/mol. The number of hydrogen-bond donors (Lipinski definition) is 1. The van der Waals surface area contributed by atoms with E-state index >= 15 is 0 Å². The summed E-state index contributed by atoms with van der Waals surface area (Å²) in [5.74, 6) is 1.32. The summed E-state index contributed by atoms with van der Waals surface area (Å²) in [6.45, 7) is 4.11. The number of aliphatic hydroxyl groups excluding tert-OH is 1. The molecule has 2 fully saturated rings. The van der Waals surface area contributed by atoms with Crippen LogP contribution in [0, 0.1) is 5.41 Å². The Morgan fingerprint density at radius 3 is 3.00 bits per heavy atom. The fourth-order valence-electron chi connectivity index (χ4n) is 4.46. The third kappa shape index (κ3) is 4.23. The van der Waals surface area contributed by atoms with Gasteiger partial charge in [0.1, 0.15) is 0 Å². The van der Waals surface area contributed by atoms with Gasteiger partial charge in [0.2, 0.25) is 17.7 Å². The van der Waals surface area contributed by atoms with Crippen LogP contribution in [0.1, 0.15) is 38.0 Å². The molecule has 1 amide bonds. The molecule has 150 valence electrons. The summed E-state index contributed by atoms with van der Waals surface area (Å²) < 4.78 is 5.84. The zero-order valence-electron chi connectivity index (χ0n) is 16.1. The summed E-state index contributed by atoms with van der Waals surface area (Å²) in [5, 5.41) is 17.5. The van der Waals surface area contributed by atoms with E-state index in [0.717, 1.165) is 44.5 Å². The lowest BCUT2D eigenvalue weighted by atomic mass is 9.73. The van der Waals surface area contributed by atoms with Crippen molar-refractivity contribution in [3.8, 4) is 11.5 Å². The van der Waals surface area contributed by atoms with Gasteiger partial charge in [-0.05, 0) is 44.4 Å². The maximum atomic E-state index is 12.2. The Morgan fingerprint density at radius 2 is 2.18 bits per heavy atom. The zero-order valence-corrected chi connectivity index (χ0v) is 16.1. The number of piperidine rings is 2. The molecule has 0 bridgehead atoms. The van der Waals surface area contributed by atoms with Gasteiger partial charge in [-0.2, -0.15) is 0 Å². The summed E-state index contributed by atoms with van der Waals surface area (Å²) in [6, 6.07) is 3.75. The van der Waals surface area contributed by atoms with E-state index in [1.165, 1.54) is 0 Å². The smallest absolute Gasteiger partial charge is 0.249 e. The summed E-state index contributed by atoms with van der Waals surface area (Å²) >= 11 is 0. The van der Waals surface area contributed by atoms with Gasteiger partial charge in [0.15, 0.2) is 0 Å². The van der Waals surface area contributed by atoms with E-state index in [1.807, 2.05) is 17.0 Å². The number of hydrogen-bond acceptors (Lipinski definition) is 7. The van der Waals surface area contributed by atoms with Crippen LogP contribution in [0.5, 0.6) is 0 Å². The first kappa shape index (κ1) is 19.0. The van der Waals surface area contributed by atoms with Crippen LogP contribution in [0.4, 0.5) is 0 Å². The number of rotatable bonds is 6. The molecule has 1 N–H and O–H groups in total. The molecule has 2 saturated heterocycles. The van der Waals surface area contributed by atoms with E-state index in [0.29, 0.717) is 37.7 Å². The van der Waals surface area contributed by atoms with Crippen LogP contribution in [-0.4, -0.2) is 68.8 Å². The SMILES string of the molecule is O=C1CC[C@]2(CCCN(Cc3nnc(-c4cccnc4)o3)C2)CN1CCCO. The van der Waals surface area contributed by atoms with Gasteiger partial charge in [0.05, 0.1) is 12.1 Å². The molecule has 2 aliphatic rings. The summed E-state index contributed by atoms with van der Waals surface area (Å²) in [4.78, 5) is 20.6. The van der Waals surface area contributed by atoms with E-state index in [4.69, 9.17) is 9.52 Å². The van der Waals surface area contributed by atoms with E-state index in [9.17, 15) is 4.79 Å². The minimum absolute atomic E-state index is 0.124. The molecule has 0 aliphatic carbocycles. The highest BCUT2D eigenvalue weighted by molar-refractivity contribution is 5.77. The molecule has 2 aliphatic heterocycles. The summed E-state index contributed by atoms with van der Waals surface area (Å²) in [7, 11) is 0. The zero-order chi connectivity index (χ0) is 19.4. The largest absolute Gasteiger partial charge is 0.419 e. The first-order valence-electron chi connectivity index (χ1n) is 10.0. The fraction of sp³-hybridized carbons (Fsp3) is 0.600. The van der Waals surface area contributed by atoms with Gasteiger partial charge in [-0.15, -0.1) is 10.2 Å². The summed E-state index contributed by atoms with van der Waals surface area (Å²) in [5.41, 5.74) is 0.954. The number of amides is 1. The Morgan fingerprint density at radius 1 is 1.25 bits per heavy atom. The van der Waals surface area contributed by atoms with E-state index in [1.54, 1.807) is 12.4 Å². The minimum atomic E-state index is 0.124. The summed E-state index contributed by atoms with van der Waals surface area (Å²) in [6.07, 6.45) is 7.85. The van der Waals surface area contributed by atoms with Crippen molar-refractivity contribution in [1.82, 2.24) is 25.0 Å². The van der Waals surface area contributed by atoms with Crippen molar-refractivity contribution < 1.29 is 14.3 Å². The van der Waals surface area contributed by atoms with Crippen molar-refractivity contribution in [1.29, 1.82) is 0 Å². The molecule has 0 aromatic carbocycles.